The fraction of sp³-hybridized carbons (Fsp3) is 0.462. The van der Waals surface area contributed by atoms with Crippen LogP contribution in [0.3, 0.4) is 0 Å². The van der Waals surface area contributed by atoms with Crippen LogP contribution in [0.25, 0.3) is 0 Å². The minimum atomic E-state index is -3.70. The molecule has 2 amide bonds. The maximum atomic E-state index is 12.0. The molecule has 0 spiro atoms. The minimum Gasteiger partial charge on any atom is -0.325 e. The summed E-state index contributed by atoms with van der Waals surface area (Å²) < 4.78 is 22.3. The second-order valence-corrected chi connectivity index (χ2v) is 6.05. The van der Waals surface area contributed by atoms with Gasteiger partial charge in [0.15, 0.2) is 0 Å². The van der Waals surface area contributed by atoms with E-state index in [4.69, 9.17) is 5.14 Å². The summed E-state index contributed by atoms with van der Waals surface area (Å²) in [6, 6.07) is 5.60. The van der Waals surface area contributed by atoms with E-state index in [0.29, 0.717) is 18.8 Å². The molecule has 0 fully saturated rings. The summed E-state index contributed by atoms with van der Waals surface area (Å²) in [5, 5.41) is 7.75. The van der Waals surface area contributed by atoms with Crippen LogP contribution in [0.5, 0.6) is 0 Å². The molecule has 1 aromatic carbocycles. The molecule has 0 saturated carbocycles. The molecule has 0 aliphatic rings. The summed E-state index contributed by atoms with van der Waals surface area (Å²) in [7, 11) is -3.70. The zero-order valence-electron chi connectivity index (χ0n) is 11.8. The SMILES string of the molecule is CCCN(CCC)C(=O)Nc1ccc(S(N)(=O)=O)cc1. The van der Waals surface area contributed by atoms with Crippen LogP contribution in [0, 0.1) is 0 Å². The van der Waals surface area contributed by atoms with Crippen molar-refractivity contribution in [3.05, 3.63) is 24.3 Å². The van der Waals surface area contributed by atoms with Gasteiger partial charge >= 0.3 is 6.03 Å². The number of urea groups is 1. The highest BCUT2D eigenvalue weighted by Gasteiger charge is 2.12. The Kier molecular flexibility index (Phi) is 5.97. The van der Waals surface area contributed by atoms with Crippen molar-refractivity contribution in [2.45, 2.75) is 31.6 Å². The van der Waals surface area contributed by atoms with Gasteiger partial charge in [-0.15, -0.1) is 0 Å². The number of anilines is 1. The quantitative estimate of drug-likeness (QED) is 0.841. The molecule has 7 heteroatoms. The van der Waals surface area contributed by atoms with E-state index in [2.05, 4.69) is 5.32 Å². The van der Waals surface area contributed by atoms with Gasteiger partial charge < -0.3 is 10.2 Å². The molecular formula is C13H21N3O3S. The van der Waals surface area contributed by atoms with Crippen LogP contribution in [0.1, 0.15) is 26.7 Å². The number of carbonyl (C=O) groups is 1. The van der Waals surface area contributed by atoms with Crippen molar-refractivity contribution >= 4 is 21.7 Å². The number of hydrogen-bond donors (Lipinski definition) is 2. The second-order valence-electron chi connectivity index (χ2n) is 4.49. The van der Waals surface area contributed by atoms with E-state index < -0.39 is 10.0 Å². The van der Waals surface area contributed by atoms with Crippen LogP contribution in [-0.4, -0.2) is 32.4 Å². The van der Waals surface area contributed by atoms with Gasteiger partial charge in [0.05, 0.1) is 4.90 Å². The molecule has 0 aliphatic carbocycles. The molecule has 0 unspecified atom stereocenters. The molecule has 1 aromatic rings. The first kappa shape index (κ1) is 16.5. The number of rotatable bonds is 6. The Morgan fingerprint density at radius 2 is 1.65 bits per heavy atom. The number of nitrogens with one attached hydrogen (secondary N) is 1. The van der Waals surface area contributed by atoms with Gasteiger partial charge in [0, 0.05) is 18.8 Å². The molecule has 0 saturated heterocycles. The second kappa shape index (κ2) is 7.25. The van der Waals surface area contributed by atoms with E-state index in [9.17, 15) is 13.2 Å². The molecule has 3 N–H and O–H groups in total. The normalized spacial score (nSPS) is 11.2. The third-order valence-corrected chi connectivity index (χ3v) is 3.64. The summed E-state index contributed by atoms with van der Waals surface area (Å²) >= 11 is 0. The van der Waals surface area contributed by atoms with Crippen molar-refractivity contribution < 1.29 is 13.2 Å². The molecule has 0 bridgehead atoms. The van der Waals surface area contributed by atoms with Gasteiger partial charge in [0.2, 0.25) is 10.0 Å². The van der Waals surface area contributed by atoms with Gasteiger partial charge in [-0.05, 0) is 37.1 Å². The largest absolute Gasteiger partial charge is 0.325 e. The number of nitrogens with two attached hydrogens (primary N) is 1. The molecule has 20 heavy (non-hydrogen) atoms. The zero-order valence-corrected chi connectivity index (χ0v) is 12.6. The molecule has 0 heterocycles. The van der Waals surface area contributed by atoms with Crippen LogP contribution in [0.2, 0.25) is 0 Å². The number of hydrogen-bond acceptors (Lipinski definition) is 3. The number of amides is 2. The predicted octanol–water partition coefficient (Wildman–Crippen LogP) is 1.99. The third kappa shape index (κ3) is 4.82. The van der Waals surface area contributed by atoms with E-state index in [1.165, 1.54) is 24.3 Å². The average molecular weight is 299 g/mol. The van der Waals surface area contributed by atoms with Crippen LogP contribution in [0.15, 0.2) is 29.2 Å². The lowest BCUT2D eigenvalue weighted by atomic mass is 10.3. The number of benzene rings is 1. The fourth-order valence-electron chi connectivity index (χ4n) is 1.79. The van der Waals surface area contributed by atoms with Gasteiger partial charge in [-0.2, -0.15) is 0 Å². The van der Waals surface area contributed by atoms with Crippen molar-refractivity contribution in [1.29, 1.82) is 0 Å². The lowest BCUT2D eigenvalue weighted by Gasteiger charge is -2.21. The number of carbonyl (C=O) groups excluding carboxylic acids is 1. The third-order valence-electron chi connectivity index (χ3n) is 2.71. The minimum absolute atomic E-state index is 0.0227. The molecule has 0 aromatic heterocycles. The van der Waals surface area contributed by atoms with Crippen LogP contribution >= 0.6 is 0 Å². The summed E-state index contributed by atoms with van der Waals surface area (Å²) in [5.41, 5.74) is 0.541. The summed E-state index contributed by atoms with van der Waals surface area (Å²) in [6.07, 6.45) is 1.77. The van der Waals surface area contributed by atoms with Gasteiger partial charge in [-0.3, -0.25) is 0 Å². The maximum absolute atomic E-state index is 12.0. The van der Waals surface area contributed by atoms with E-state index in [-0.39, 0.29) is 10.9 Å². The average Bonchev–Trinajstić information content (AvgIpc) is 2.38. The summed E-state index contributed by atoms with van der Waals surface area (Å²) in [5.74, 6) is 0. The molecule has 0 atom stereocenters. The molecule has 6 nitrogen and oxygen atoms in total. The standard InChI is InChI=1S/C13H21N3O3S/c1-3-9-16(10-4-2)13(17)15-11-5-7-12(8-6-11)20(14,18)19/h5-8H,3-4,9-10H2,1-2H3,(H,15,17)(H2,14,18,19). The lowest BCUT2D eigenvalue weighted by molar-refractivity contribution is 0.211. The topological polar surface area (TPSA) is 92.5 Å². The first-order valence-corrected chi connectivity index (χ1v) is 8.12. The van der Waals surface area contributed by atoms with E-state index in [1.807, 2.05) is 13.8 Å². The van der Waals surface area contributed by atoms with E-state index >= 15 is 0 Å². The molecule has 0 radical (unpaired) electrons. The molecule has 1 rings (SSSR count). The van der Waals surface area contributed by atoms with Gasteiger partial charge in [0.1, 0.15) is 0 Å². The number of nitrogens with zero attached hydrogens (tertiary/aromatic N) is 1. The van der Waals surface area contributed by atoms with Crippen molar-refractivity contribution in [3.8, 4) is 0 Å². The Hall–Kier alpha value is -1.60. The maximum Gasteiger partial charge on any atom is 0.321 e. The van der Waals surface area contributed by atoms with Crippen molar-refractivity contribution in [2.24, 2.45) is 5.14 Å². The zero-order chi connectivity index (χ0) is 15.2. The molecule has 0 aliphatic heterocycles. The van der Waals surface area contributed by atoms with Crippen LogP contribution < -0.4 is 10.5 Å². The molecular weight excluding hydrogens is 278 g/mol. The number of primary sulfonamides is 1. The van der Waals surface area contributed by atoms with E-state index in [0.717, 1.165) is 12.8 Å². The predicted molar refractivity (Wildman–Crippen MR) is 79.0 cm³/mol. The Morgan fingerprint density at radius 1 is 1.15 bits per heavy atom. The number of sulfonamides is 1. The first-order valence-electron chi connectivity index (χ1n) is 6.57. The lowest BCUT2D eigenvalue weighted by Crippen LogP contribution is -2.36. The highest BCUT2D eigenvalue weighted by atomic mass is 32.2. The first-order chi connectivity index (χ1) is 9.38. The van der Waals surface area contributed by atoms with Gasteiger partial charge in [-0.1, -0.05) is 13.8 Å². The summed E-state index contributed by atoms with van der Waals surface area (Å²) in [4.78, 5) is 13.8. The highest BCUT2D eigenvalue weighted by molar-refractivity contribution is 7.89. The van der Waals surface area contributed by atoms with Crippen molar-refractivity contribution in [2.75, 3.05) is 18.4 Å². The Balaban J connectivity index is 2.75. The Morgan fingerprint density at radius 3 is 2.05 bits per heavy atom. The van der Waals surface area contributed by atoms with Crippen LogP contribution in [-0.2, 0) is 10.0 Å². The fourth-order valence-corrected chi connectivity index (χ4v) is 2.30. The van der Waals surface area contributed by atoms with Crippen LogP contribution in [0.4, 0.5) is 10.5 Å². The smallest absolute Gasteiger partial charge is 0.321 e. The van der Waals surface area contributed by atoms with Crippen molar-refractivity contribution in [1.82, 2.24) is 4.90 Å². The Bertz CT molecular complexity index is 534. The molecule has 112 valence electrons. The van der Waals surface area contributed by atoms with Gasteiger partial charge in [-0.25, -0.2) is 18.4 Å². The summed E-state index contributed by atoms with van der Waals surface area (Å²) in [6.45, 7) is 5.40. The Labute approximate surface area is 120 Å². The van der Waals surface area contributed by atoms with Crippen molar-refractivity contribution in [3.63, 3.8) is 0 Å². The van der Waals surface area contributed by atoms with E-state index in [1.54, 1.807) is 4.90 Å². The van der Waals surface area contributed by atoms with Gasteiger partial charge in [0.25, 0.3) is 0 Å². The monoisotopic (exact) mass is 299 g/mol. The highest BCUT2D eigenvalue weighted by Crippen LogP contribution is 2.13.